The molecule has 3 unspecified atom stereocenters. The molecule has 0 bridgehead atoms. The van der Waals surface area contributed by atoms with E-state index < -0.39 is 0 Å². The van der Waals surface area contributed by atoms with Crippen molar-refractivity contribution in [2.24, 2.45) is 0 Å². The number of amides is 1. The molecule has 6 heteroatoms. The molecule has 1 aromatic heterocycles. The molecule has 2 N–H and O–H groups in total. The zero-order chi connectivity index (χ0) is 15.8. The lowest BCUT2D eigenvalue weighted by Crippen LogP contribution is -2.38. The summed E-state index contributed by atoms with van der Waals surface area (Å²) in [5.41, 5.74) is 0.549. The summed E-state index contributed by atoms with van der Waals surface area (Å²) in [5.74, 6) is -0.0256. The van der Waals surface area contributed by atoms with Crippen LogP contribution >= 0.6 is 0 Å². The third-order valence-corrected chi connectivity index (χ3v) is 5.46. The maximum absolute atomic E-state index is 12.5. The maximum Gasteiger partial charge on any atom is 0.272 e. The quantitative estimate of drug-likeness (QED) is 0.875. The number of nitrogens with zero attached hydrogens (tertiary/aromatic N) is 3. The second-order valence-corrected chi connectivity index (χ2v) is 7.36. The van der Waals surface area contributed by atoms with E-state index in [1.807, 2.05) is 16.9 Å². The topological polar surface area (TPSA) is 62.2 Å². The molecule has 1 saturated carbocycles. The molecule has 0 aromatic carbocycles. The molecule has 1 aromatic rings. The SMILES string of the molecule is CC1CC(NC(=O)c2ccn(C3CCCNC3)n2)CN1C1CC1. The van der Waals surface area contributed by atoms with Crippen molar-refractivity contribution >= 4 is 5.91 Å². The first-order chi connectivity index (χ1) is 11.2. The van der Waals surface area contributed by atoms with Gasteiger partial charge < -0.3 is 10.6 Å². The predicted molar refractivity (Wildman–Crippen MR) is 88.4 cm³/mol. The first-order valence-corrected chi connectivity index (χ1v) is 9.03. The zero-order valence-corrected chi connectivity index (χ0v) is 13.9. The van der Waals surface area contributed by atoms with Crippen molar-refractivity contribution in [3.63, 3.8) is 0 Å². The highest BCUT2D eigenvalue weighted by Crippen LogP contribution is 2.33. The molecule has 1 aliphatic carbocycles. The Balaban J connectivity index is 1.35. The van der Waals surface area contributed by atoms with Crippen LogP contribution in [0.15, 0.2) is 12.3 Å². The fourth-order valence-corrected chi connectivity index (χ4v) is 4.06. The summed E-state index contributed by atoms with van der Waals surface area (Å²) in [6.07, 6.45) is 7.95. The lowest BCUT2D eigenvalue weighted by Gasteiger charge is -2.22. The van der Waals surface area contributed by atoms with Crippen LogP contribution in [-0.4, -0.2) is 58.3 Å². The van der Waals surface area contributed by atoms with E-state index in [4.69, 9.17) is 0 Å². The van der Waals surface area contributed by atoms with Gasteiger partial charge in [0.05, 0.1) is 6.04 Å². The molecule has 2 saturated heterocycles. The Labute approximate surface area is 137 Å². The smallest absolute Gasteiger partial charge is 0.272 e. The van der Waals surface area contributed by atoms with Crippen molar-refractivity contribution in [2.45, 2.75) is 63.2 Å². The highest BCUT2D eigenvalue weighted by atomic mass is 16.2. The van der Waals surface area contributed by atoms with Gasteiger partial charge in [-0.1, -0.05) is 0 Å². The number of aromatic nitrogens is 2. The van der Waals surface area contributed by atoms with Crippen LogP contribution in [-0.2, 0) is 0 Å². The van der Waals surface area contributed by atoms with E-state index in [0.29, 0.717) is 17.8 Å². The van der Waals surface area contributed by atoms with E-state index in [2.05, 4.69) is 27.6 Å². The molecule has 23 heavy (non-hydrogen) atoms. The molecule has 2 aliphatic heterocycles. The van der Waals surface area contributed by atoms with E-state index in [1.54, 1.807) is 0 Å². The molecule has 4 rings (SSSR count). The van der Waals surface area contributed by atoms with Crippen LogP contribution in [0.1, 0.15) is 55.6 Å². The van der Waals surface area contributed by atoms with E-state index in [0.717, 1.165) is 38.5 Å². The van der Waals surface area contributed by atoms with Gasteiger partial charge in [0, 0.05) is 37.4 Å². The number of carbonyl (C=O) groups excluding carboxylic acids is 1. The monoisotopic (exact) mass is 317 g/mol. The first-order valence-electron chi connectivity index (χ1n) is 9.03. The van der Waals surface area contributed by atoms with Crippen molar-refractivity contribution in [2.75, 3.05) is 19.6 Å². The Morgan fingerprint density at radius 2 is 2.22 bits per heavy atom. The van der Waals surface area contributed by atoms with Crippen molar-refractivity contribution < 1.29 is 4.79 Å². The summed E-state index contributed by atoms with van der Waals surface area (Å²) in [6, 6.07) is 3.84. The van der Waals surface area contributed by atoms with Gasteiger partial charge in [-0.05, 0) is 51.6 Å². The number of piperidine rings is 1. The average Bonchev–Trinajstić information content (AvgIpc) is 3.16. The Morgan fingerprint density at radius 1 is 1.35 bits per heavy atom. The summed E-state index contributed by atoms with van der Waals surface area (Å²) in [6.45, 7) is 5.29. The van der Waals surface area contributed by atoms with E-state index >= 15 is 0 Å². The third kappa shape index (κ3) is 3.28. The minimum atomic E-state index is -0.0256. The number of rotatable bonds is 4. The van der Waals surface area contributed by atoms with Crippen LogP contribution in [0.2, 0.25) is 0 Å². The Kier molecular flexibility index (Phi) is 4.11. The highest BCUT2D eigenvalue weighted by molar-refractivity contribution is 5.92. The Hall–Kier alpha value is -1.40. The third-order valence-electron chi connectivity index (χ3n) is 5.46. The summed E-state index contributed by atoms with van der Waals surface area (Å²) < 4.78 is 1.95. The number of nitrogens with one attached hydrogen (secondary N) is 2. The van der Waals surface area contributed by atoms with E-state index in [9.17, 15) is 4.79 Å². The molecule has 3 heterocycles. The summed E-state index contributed by atoms with van der Waals surface area (Å²) in [4.78, 5) is 15.0. The average molecular weight is 317 g/mol. The van der Waals surface area contributed by atoms with Gasteiger partial charge in [-0.2, -0.15) is 5.10 Å². The second-order valence-electron chi connectivity index (χ2n) is 7.36. The second kappa shape index (κ2) is 6.24. The predicted octanol–water partition coefficient (Wildman–Crippen LogP) is 1.16. The summed E-state index contributed by atoms with van der Waals surface area (Å²) in [7, 11) is 0. The maximum atomic E-state index is 12.5. The van der Waals surface area contributed by atoms with Crippen LogP contribution in [0.25, 0.3) is 0 Å². The number of hydrogen-bond donors (Lipinski definition) is 2. The van der Waals surface area contributed by atoms with Crippen molar-refractivity contribution in [1.82, 2.24) is 25.3 Å². The molecular weight excluding hydrogens is 290 g/mol. The molecule has 126 valence electrons. The minimum absolute atomic E-state index is 0.0256. The molecule has 6 nitrogen and oxygen atoms in total. The molecule has 0 spiro atoms. The fourth-order valence-electron chi connectivity index (χ4n) is 4.06. The van der Waals surface area contributed by atoms with Crippen LogP contribution < -0.4 is 10.6 Å². The van der Waals surface area contributed by atoms with Crippen LogP contribution in [0.3, 0.4) is 0 Å². The van der Waals surface area contributed by atoms with Crippen molar-refractivity contribution in [3.05, 3.63) is 18.0 Å². The molecule has 3 fully saturated rings. The lowest BCUT2D eigenvalue weighted by molar-refractivity contribution is 0.0931. The molecule has 3 atom stereocenters. The van der Waals surface area contributed by atoms with Gasteiger partial charge in [0.15, 0.2) is 0 Å². The Bertz CT molecular complexity index is 561. The van der Waals surface area contributed by atoms with Gasteiger partial charge in [-0.15, -0.1) is 0 Å². The van der Waals surface area contributed by atoms with Crippen molar-refractivity contribution in [1.29, 1.82) is 0 Å². The van der Waals surface area contributed by atoms with Crippen molar-refractivity contribution in [3.8, 4) is 0 Å². The normalized spacial score (nSPS) is 32.1. The van der Waals surface area contributed by atoms with Gasteiger partial charge in [0.25, 0.3) is 5.91 Å². The summed E-state index contributed by atoms with van der Waals surface area (Å²) >= 11 is 0. The van der Waals surface area contributed by atoms with E-state index in [-0.39, 0.29) is 11.9 Å². The fraction of sp³-hybridized carbons (Fsp3) is 0.765. The number of carbonyl (C=O) groups is 1. The number of hydrogen-bond acceptors (Lipinski definition) is 4. The van der Waals surface area contributed by atoms with Gasteiger partial charge in [0.1, 0.15) is 5.69 Å². The summed E-state index contributed by atoms with van der Waals surface area (Å²) in [5, 5.41) is 11.1. The van der Waals surface area contributed by atoms with E-state index in [1.165, 1.54) is 19.3 Å². The molecule has 1 amide bonds. The van der Waals surface area contributed by atoms with Gasteiger partial charge in [-0.25, -0.2) is 0 Å². The largest absolute Gasteiger partial charge is 0.347 e. The molecule has 0 radical (unpaired) electrons. The minimum Gasteiger partial charge on any atom is -0.347 e. The van der Waals surface area contributed by atoms with Crippen LogP contribution in [0, 0.1) is 0 Å². The van der Waals surface area contributed by atoms with Gasteiger partial charge in [-0.3, -0.25) is 14.4 Å². The standard InChI is InChI=1S/C17H27N5O/c1-12-9-13(11-21(12)14-4-5-14)19-17(23)16-6-8-22(20-16)15-3-2-7-18-10-15/h6,8,12-15,18H,2-5,7,9-11H2,1H3,(H,19,23). The Morgan fingerprint density at radius 3 is 2.96 bits per heavy atom. The van der Waals surface area contributed by atoms with Crippen LogP contribution in [0.5, 0.6) is 0 Å². The lowest BCUT2D eigenvalue weighted by atomic mass is 10.1. The zero-order valence-electron chi connectivity index (χ0n) is 13.9. The molecule has 3 aliphatic rings. The highest BCUT2D eigenvalue weighted by Gasteiger charge is 2.39. The molecular formula is C17H27N5O. The van der Waals surface area contributed by atoms with Gasteiger partial charge in [0.2, 0.25) is 0 Å². The first kappa shape index (κ1) is 15.1. The van der Waals surface area contributed by atoms with Gasteiger partial charge >= 0.3 is 0 Å². The number of likely N-dealkylation sites (tertiary alicyclic amines) is 1. The van der Waals surface area contributed by atoms with Crippen LogP contribution in [0.4, 0.5) is 0 Å².